The van der Waals surface area contributed by atoms with Gasteiger partial charge in [0.05, 0.1) is 21.7 Å². The van der Waals surface area contributed by atoms with Crippen LogP contribution in [0.1, 0.15) is 18.1 Å². The largest absolute Gasteiger partial charge is 0.418 e. The number of carbonyl (C=O) groups is 1. The van der Waals surface area contributed by atoms with Crippen molar-refractivity contribution in [1.82, 2.24) is 0 Å². The molecule has 0 radical (unpaired) electrons. The van der Waals surface area contributed by atoms with Crippen LogP contribution in [0.25, 0.3) is 0 Å². The molecule has 1 unspecified atom stereocenters. The minimum Gasteiger partial charge on any atom is -0.379 e. The lowest BCUT2D eigenvalue weighted by molar-refractivity contribution is -0.385. The first-order valence-electron chi connectivity index (χ1n) is 8.31. The van der Waals surface area contributed by atoms with Crippen molar-refractivity contribution in [2.24, 2.45) is 0 Å². The van der Waals surface area contributed by atoms with Gasteiger partial charge in [0.25, 0.3) is 11.6 Å². The highest BCUT2D eigenvalue weighted by atomic mass is 32.2. The summed E-state index contributed by atoms with van der Waals surface area (Å²) in [6.07, 6.45) is -9.74. The molecule has 0 aliphatic rings. The summed E-state index contributed by atoms with van der Waals surface area (Å²) in [6, 6.07) is 6.01. The number of anilines is 1. The molecule has 0 spiro atoms. The summed E-state index contributed by atoms with van der Waals surface area (Å²) in [5.41, 5.74) is -6.58. The molecule has 6 nitrogen and oxygen atoms in total. The summed E-state index contributed by atoms with van der Waals surface area (Å²) in [5, 5.41) is 22.9. The van der Waals surface area contributed by atoms with E-state index in [1.165, 1.54) is 6.07 Å². The summed E-state index contributed by atoms with van der Waals surface area (Å²) in [7, 11) is 0. The number of amides is 1. The Hall–Kier alpha value is -2.80. The second kappa shape index (κ2) is 8.75. The predicted octanol–water partition coefficient (Wildman–Crippen LogP) is 5.11. The molecule has 0 bridgehead atoms. The number of non-ortho nitro benzene ring substituents is 1. The van der Waals surface area contributed by atoms with Crippen LogP contribution < -0.4 is 5.32 Å². The molecule has 2 aromatic carbocycles. The Kier molecular flexibility index (Phi) is 6.90. The Labute approximate surface area is 175 Å². The van der Waals surface area contributed by atoms with Gasteiger partial charge in [0.2, 0.25) is 0 Å². The standard InChI is InChI=1S/C18H14F6N2O4S/c1-16(28,9-31-14-5-3-2-4-11(14)17(19,20)21)15(27)25-13-7-6-10(26(29)30)8-12(13)18(22,23)24/h2-8,28H,9H2,1H3,(H,25,27). The molecule has 0 heterocycles. The predicted molar refractivity (Wildman–Crippen MR) is 99.5 cm³/mol. The number of nitro benzene ring substituents is 1. The minimum absolute atomic E-state index is 0.221. The van der Waals surface area contributed by atoms with Crippen LogP contribution in [0.3, 0.4) is 0 Å². The summed E-state index contributed by atoms with van der Waals surface area (Å²) in [6.45, 7) is 0.921. The lowest BCUT2D eigenvalue weighted by Crippen LogP contribution is -2.42. The molecule has 2 aromatic rings. The number of thioether (sulfide) groups is 1. The number of alkyl halides is 6. The maximum Gasteiger partial charge on any atom is 0.418 e. The van der Waals surface area contributed by atoms with Crippen molar-refractivity contribution in [3.63, 3.8) is 0 Å². The summed E-state index contributed by atoms with van der Waals surface area (Å²) in [4.78, 5) is 21.7. The molecule has 0 aliphatic carbocycles. The Balaban J connectivity index is 2.23. The van der Waals surface area contributed by atoms with E-state index in [0.29, 0.717) is 17.8 Å². The number of benzene rings is 2. The van der Waals surface area contributed by atoms with Gasteiger partial charge in [-0.15, -0.1) is 11.8 Å². The molecule has 1 amide bonds. The topological polar surface area (TPSA) is 92.5 Å². The Morgan fingerprint density at radius 3 is 2.19 bits per heavy atom. The van der Waals surface area contributed by atoms with Gasteiger partial charge in [0, 0.05) is 22.8 Å². The normalized spacial score (nSPS) is 14.1. The van der Waals surface area contributed by atoms with E-state index < -0.39 is 57.0 Å². The number of carbonyl (C=O) groups excluding carboxylic acids is 1. The van der Waals surface area contributed by atoms with Crippen LogP contribution in [0.2, 0.25) is 0 Å². The Morgan fingerprint density at radius 1 is 1.06 bits per heavy atom. The van der Waals surface area contributed by atoms with Gasteiger partial charge in [-0.25, -0.2) is 0 Å². The number of nitrogens with zero attached hydrogens (tertiary/aromatic N) is 1. The zero-order valence-electron chi connectivity index (χ0n) is 15.5. The molecule has 2 N–H and O–H groups in total. The van der Waals surface area contributed by atoms with Crippen LogP contribution in [0.5, 0.6) is 0 Å². The van der Waals surface area contributed by atoms with Gasteiger partial charge in [0.1, 0.15) is 5.60 Å². The lowest BCUT2D eigenvalue weighted by atomic mass is 10.1. The molecule has 1 atom stereocenters. The van der Waals surface area contributed by atoms with Gasteiger partial charge in [-0.2, -0.15) is 26.3 Å². The summed E-state index contributed by atoms with van der Waals surface area (Å²) >= 11 is 0.493. The molecule has 168 valence electrons. The maximum atomic E-state index is 13.2. The zero-order chi connectivity index (χ0) is 23.6. The SMILES string of the molecule is CC(O)(CSc1ccccc1C(F)(F)F)C(=O)Nc1ccc([N+](=O)[O-])cc1C(F)(F)F. The number of rotatable bonds is 6. The molecule has 2 rings (SSSR count). The van der Waals surface area contributed by atoms with Crippen molar-refractivity contribution in [3.05, 3.63) is 63.7 Å². The fourth-order valence-corrected chi connectivity index (χ4v) is 3.44. The average molecular weight is 468 g/mol. The van der Waals surface area contributed by atoms with E-state index in [2.05, 4.69) is 0 Å². The second-order valence-corrected chi connectivity index (χ2v) is 7.51. The van der Waals surface area contributed by atoms with E-state index in [4.69, 9.17) is 0 Å². The molecule has 0 aromatic heterocycles. The van der Waals surface area contributed by atoms with Crippen molar-refractivity contribution in [2.75, 3.05) is 11.1 Å². The number of nitrogens with one attached hydrogen (secondary N) is 1. The van der Waals surface area contributed by atoms with Crippen LogP contribution in [-0.4, -0.2) is 27.3 Å². The van der Waals surface area contributed by atoms with Crippen LogP contribution in [0.15, 0.2) is 47.4 Å². The molecule has 0 aliphatic heterocycles. The van der Waals surface area contributed by atoms with Crippen molar-refractivity contribution in [3.8, 4) is 0 Å². The summed E-state index contributed by atoms with van der Waals surface area (Å²) in [5.74, 6) is -1.94. The minimum atomic E-state index is -5.05. The zero-order valence-corrected chi connectivity index (χ0v) is 16.4. The van der Waals surface area contributed by atoms with Gasteiger partial charge in [-0.3, -0.25) is 14.9 Å². The first-order valence-corrected chi connectivity index (χ1v) is 9.30. The smallest absolute Gasteiger partial charge is 0.379 e. The van der Waals surface area contributed by atoms with Gasteiger partial charge >= 0.3 is 12.4 Å². The molecule has 0 saturated carbocycles. The van der Waals surface area contributed by atoms with E-state index in [-0.39, 0.29) is 11.0 Å². The fraction of sp³-hybridized carbons (Fsp3) is 0.278. The van der Waals surface area contributed by atoms with Crippen LogP contribution >= 0.6 is 11.8 Å². The lowest BCUT2D eigenvalue weighted by Gasteiger charge is -2.24. The van der Waals surface area contributed by atoms with E-state index in [9.17, 15) is 46.4 Å². The van der Waals surface area contributed by atoms with Crippen LogP contribution in [0, 0.1) is 10.1 Å². The Bertz CT molecular complexity index is 992. The molecule has 13 heteroatoms. The Morgan fingerprint density at radius 2 is 1.65 bits per heavy atom. The van der Waals surface area contributed by atoms with E-state index in [0.717, 1.165) is 31.2 Å². The summed E-state index contributed by atoms with van der Waals surface area (Å²) < 4.78 is 78.8. The van der Waals surface area contributed by atoms with E-state index >= 15 is 0 Å². The first kappa shape index (κ1) is 24.5. The third-order valence-corrected chi connectivity index (χ3v) is 5.33. The molecular weight excluding hydrogens is 454 g/mol. The third-order valence-electron chi connectivity index (χ3n) is 3.96. The quantitative estimate of drug-likeness (QED) is 0.266. The number of hydrogen-bond acceptors (Lipinski definition) is 5. The molecular formula is C18H14F6N2O4S. The first-order chi connectivity index (χ1) is 14.1. The van der Waals surface area contributed by atoms with Crippen LogP contribution in [-0.2, 0) is 17.1 Å². The highest BCUT2D eigenvalue weighted by molar-refractivity contribution is 7.99. The number of halogens is 6. The average Bonchev–Trinajstić information content (AvgIpc) is 2.65. The molecule has 0 saturated heterocycles. The highest BCUT2D eigenvalue weighted by Crippen LogP contribution is 2.39. The van der Waals surface area contributed by atoms with Gasteiger partial charge in [0.15, 0.2) is 0 Å². The van der Waals surface area contributed by atoms with Crippen molar-refractivity contribution < 1.29 is 41.2 Å². The highest BCUT2D eigenvalue weighted by Gasteiger charge is 2.39. The van der Waals surface area contributed by atoms with E-state index in [1.807, 2.05) is 5.32 Å². The second-order valence-electron chi connectivity index (χ2n) is 6.50. The fourth-order valence-electron chi connectivity index (χ4n) is 2.36. The van der Waals surface area contributed by atoms with Gasteiger partial charge in [-0.05, 0) is 25.1 Å². The number of nitro groups is 1. The van der Waals surface area contributed by atoms with Crippen LogP contribution in [0.4, 0.5) is 37.7 Å². The molecule has 31 heavy (non-hydrogen) atoms. The molecule has 0 fully saturated rings. The number of aliphatic hydroxyl groups is 1. The monoisotopic (exact) mass is 468 g/mol. The van der Waals surface area contributed by atoms with Crippen molar-refractivity contribution >= 4 is 29.0 Å². The third kappa shape index (κ3) is 6.10. The van der Waals surface area contributed by atoms with E-state index in [1.54, 1.807) is 0 Å². The maximum absolute atomic E-state index is 13.2. The van der Waals surface area contributed by atoms with Crippen molar-refractivity contribution in [2.45, 2.75) is 29.8 Å². The number of hydrogen-bond donors (Lipinski definition) is 2. The van der Waals surface area contributed by atoms with Gasteiger partial charge < -0.3 is 10.4 Å². The van der Waals surface area contributed by atoms with Crippen molar-refractivity contribution in [1.29, 1.82) is 0 Å². The van der Waals surface area contributed by atoms with Gasteiger partial charge in [-0.1, -0.05) is 12.1 Å².